The Labute approximate surface area is 159 Å². The van der Waals surface area contributed by atoms with E-state index in [0.29, 0.717) is 6.54 Å². The first kappa shape index (κ1) is 15.9. The molecule has 26 heavy (non-hydrogen) atoms. The van der Waals surface area contributed by atoms with Crippen LogP contribution in [0.4, 0.5) is 0 Å². The van der Waals surface area contributed by atoms with Crippen LogP contribution in [0.2, 0.25) is 0 Å². The van der Waals surface area contributed by atoms with Crippen LogP contribution < -0.4 is 5.56 Å². The van der Waals surface area contributed by atoms with Crippen molar-refractivity contribution in [3.05, 3.63) is 91.5 Å². The molecule has 4 aromatic rings. The molecule has 0 aliphatic carbocycles. The van der Waals surface area contributed by atoms with Gasteiger partial charge in [-0.1, -0.05) is 30.3 Å². The Hall–Kier alpha value is -2.28. The van der Waals surface area contributed by atoms with Gasteiger partial charge in [-0.2, -0.15) is 0 Å². The number of nitrogens with zero attached hydrogens (tertiary/aromatic N) is 3. The fourth-order valence-corrected chi connectivity index (χ4v) is 5.38. The van der Waals surface area contributed by atoms with E-state index >= 15 is 0 Å². The van der Waals surface area contributed by atoms with Crippen LogP contribution in [-0.4, -0.2) is 20.8 Å². The van der Waals surface area contributed by atoms with Crippen LogP contribution in [0.25, 0.3) is 4.96 Å². The van der Waals surface area contributed by atoms with Crippen molar-refractivity contribution in [2.24, 2.45) is 0 Å². The van der Waals surface area contributed by atoms with Gasteiger partial charge in [0.25, 0.3) is 5.56 Å². The van der Waals surface area contributed by atoms with Crippen LogP contribution in [0, 0.1) is 0 Å². The zero-order valence-electron chi connectivity index (χ0n) is 14.0. The maximum absolute atomic E-state index is 12.3. The third-order valence-corrected chi connectivity index (χ3v) is 6.66. The summed E-state index contributed by atoms with van der Waals surface area (Å²) in [5, 5.41) is 4.09. The highest BCUT2D eigenvalue weighted by Crippen LogP contribution is 2.38. The van der Waals surface area contributed by atoms with Gasteiger partial charge in [0.1, 0.15) is 0 Å². The molecule has 0 fully saturated rings. The molecule has 130 valence electrons. The number of hydrogen-bond donors (Lipinski definition) is 0. The predicted molar refractivity (Wildman–Crippen MR) is 106 cm³/mol. The molecule has 5 rings (SSSR count). The fourth-order valence-electron chi connectivity index (χ4n) is 3.74. The molecule has 3 aromatic heterocycles. The van der Waals surface area contributed by atoms with E-state index in [1.54, 1.807) is 16.7 Å². The van der Waals surface area contributed by atoms with E-state index in [1.807, 2.05) is 16.7 Å². The van der Waals surface area contributed by atoms with E-state index in [2.05, 4.69) is 46.7 Å². The highest BCUT2D eigenvalue weighted by molar-refractivity contribution is 7.15. The molecule has 1 aliphatic heterocycles. The molecule has 0 amide bonds. The van der Waals surface area contributed by atoms with Crippen molar-refractivity contribution < 1.29 is 0 Å². The average Bonchev–Trinajstić information content (AvgIpc) is 3.31. The van der Waals surface area contributed by atoms with Crippen molar-refractivity contribution in [2.45, 2.75) is 19.0 Å². The van der Waals surface area contributed by atoms with E-state index in [9.17, 15) is 4.79 Å². The normalized spacial score (nSPS) is 17.5. The Morgan fingerprint density at radius 3 is 2.88 bits per heavy atom. The maximum Gasteiger partial charge on any atom is 0.258 e. The van der Waals surface area contributed by atoms with Gasteiger partial charge in [-0.3, -0.25) is 14.1 Å². The van der Waals surface area contributed by atoms with Crippen LogP contribution in [0.3, 0.4) is 0 Å². The Bertz CT molecular complexity index is 1110. The molecule has 1 unspecified atom stereocenters. The highest BCUT2D eigenvalue weighted by Gasteiger charge is 2.29. The molecule has 1 atom stereocenters. The van der Waals surface area contributed by atoms with Gasteiger partial charge in [0.2, 0.25) is 0 Å². The number of rotatable bonds is 3. The van der Waals surface area contributed by atoms with Crippen molar-refractivity contribution in [1.82, 2.24) is 14.3 Å². The molecule has 0 radical (unpaired) electrons. The van der Waals surface area contributed by atoms with Gasteiger partial charge in [-0.05, 0) is 29.0 Å². The summed E-state index contributed by atoms with van der Waals surface area (Å²) in [6.07, 6.45) is 2.83. The summed E-state index contributed by atoms with van der Waals surface area (Å²) in [5.74, 6) is 0. The standard InChI is InChI=1S/C20H17N3OS2/c24-18-12-15(21-20-23(18)9-11-26-20)13-22-8-6-17-16(7-10-25-17)19(22)14-4-2-1-3-5-14/h1-5,7,9-12,19H,6,8,13H2. The summed E-state index contributed by atoms with van der Waals surface area (Å²) in [5.41, 5.74) is 3.52. The number of benzene rings is 1. The summed E-state index contributed by atoms with van der Waals surface area (Å²) in [7, 11) is 0. The molecule has 1 aliphatic rings. The SMILES string of the molecule is O=c1cc(CN2CCc3sccc3C2c2ccccc2)nc2sccn12. The zero-order chi connectivity index (χ0) is 17.5. The van der Waals surface area contributed by atoms with Crippen LogP contribution in [-0.2, 0) is 13.0 Å². The molecule has 0 spiro atoms. The third-order valence-electron chi connectivity index (χ3n) is 4.90. The number of aromatic nitrogens is 2. The summed E-state index contributed by atoms with van der Waals surface area (Å²) >= 11 is 3.34. The molecule has 1 aromatic carbocycles. The Morgan fingerprint density at radius 2 is 2.00 bits per heavy atom. The minimum Gasteiger partial charge on any atom is -0.286 e. The number of hydrogen-bond acceptors (Lipinski definition) is 5. The minimum atomic E-state index is -0.00394. The monoisotopic (exact) mass is 379 g/mol. The van der Waals surface area contributed by atoms with Crippen molar-refractivity contribution in [3.8, 4) is 0 Å². The second kappa shape index (κ2) is 6.46. The number of thiazole rings is 1. The Kier molecular flexibility index (Phi) is 3.96. The van der Waals surface area contributed by atoms with Crippen LogP contribution >= 0.6 is 22.7 Å². The lowest BCUT2D eigenvalue weighted by Gasteiger charge is -2.36. The van der Waals surface area contributed by atoms with Gasteiger partial charge in [-0.25, -0.2) is 4.98 Å². The zero-order valence-corrected chi connectivity index (χ0v) is 15.7. The fraction of sp³-hybridized carbons (Fsp3) is 0.200. The smallest absolute Gasteiger partial charge is 0.258 e. The van der Waals surface area contributed by atoms with Gasteiger partial charge < -0.3 is 0 Å². The van der Waals surface area contributed by atoms with Crippen molar-refractivity contribution in [3.63, 3.8) is 0 Å². The molecule has 0 saturated carbocycles. The van der Waals surface area contributed by atoms with Crippen LogP contribution in [0.1, 0.15) is 27.7 Å². The van der Waals surface area contributed by atoms with E-state index in [1.165, 1.54) is 27.3 Å². The minimum absolute atomic E-state index is 0.00394. The van der Waals surface area contributed by atoms with Gasteiger partial charge in [0, 0.05) is 35.6 Å². The largest absolute Gasteiger partial charge is 0.286 e. The average molecular weight is 380 g/mol. The summed E-state index contributed by atoms with van der Waals surface area (Å²) in [4.78, 5) is 21.7. The van der Waals surface area contributed by atoms with E-state index < -0.39 is 0 Å². The lowest BCUT2D eigenvalue weighted by atomic mass is 9.93. The maximum atomic E-state index is 12.3. The molecule has 6 heteroatoms. The summed E-state index contributed by atoms with van der Waals surface area (Å²) < 4.78 is 1.61. The van der Waals surface area contributed by atoms with Gasteiger partial charge >= 0.3 is 0 Å². The van der Waals surface area contributed by atoms with Gasteiger partial charge in [-0.15, -0.1) is 22.7 Å². The van der Waals surface area contributed by atoms with Crippen molar-refractivity contribution in [2.75, 3.05) is 6.54 Å². The van der Waals surface area contributed by atoms with E-state index in [4.69, 9.17) is 4.98 Å². The third kappa shape index (κ3) is 2.70. The molecular weight excluding hydrogens is 362 g/mol. The molecular formula is C20H17N3OS2. The number of fused-ring (bicyclic) bond motifs is 2. The second-order valence-corrected chi connectivity index (χ2v) is 8.35. The lowest BCUT2D eigenvalue weighted by molar-refractivity contribution is 0.204. The van der Waals surface area contributed by atoms with E-state index in [-0.39, 0.29) is 11.6 Å². The summed E-state index contributed by atoms with van der Waals surface area (Å²) in [6.45, 7) is 1.65. The number of thiophene rings is 1. The Balaban J connectivity index is 1.55. The molecule has 0 bridgehead atoms. The Morgan fingerprint density at radius 1 is 1.12 bits per heavy atom. The topological polar surface area (TPSA) is 37.6 Å². The first-order valence-electron chi connectivity index (χ1n) is 8.60. The molecule has 4 nitrogen and oxygen atoms in total. The van der Waals surface area contributed by atoms with Gasteiger partial charge in [0.05, 0.1) is 11.7 Å². The first-order chi connectivity index (χ1) is 12.8. The van der Waals surface area contributed by atoms with Crippen molar-refractivity contribution >= 4 is 27.6 Å². The molecule has 4 heterocycles. The predicted octanol–water partition coefficient (Wildman–Crippen LogP) is 3.97. The highest BCUT2D eigenvalue weighted by atomic mass is 32.1. The van der Waals surface area contributed by atoms with E-state index in [0.717, 1.165) is 23.6 Å². The molecule has 0 saturated heterocycles. The van der Waals surface area contributed by atoms with Crippen molar-refractivity contribution in [1.29, 1.82) is 0 Å². The quantitative estimate of drug-likeness (QED) is 0.541. The lowest BCUT2D eigenvalue weighted by Crippen LogP contribution is -2.35. The van der Waals surface area contributed by atoms with Crippen LogP contribution in [0.15, 0.2) is 64.2 Å². The van der Waals surface area contributed by atoms with Gasteiger partial charge in [0.15, 0.2) is 4.96 Å². The second-order valence-electron chi connectivity index (χ2n) is 6.47. The summed E-state index contributed by atoms with van der Waals surface area (Å²) in [6, 6.07) is 14.8. The first-order valence-corrected chi connectivity index (χ1v) is 10.4. The van der Waals surface area contributed by atoms with Crippen LogP contribution in [0.5, 0.6) is 0 Å². The molecule has 0 N–H and O–H groups in total.